The summed E-state index contributed by atoms with van der Waals surface area (Å²) >= 11 is 1.52. The third kappa shape index (κ3) is 4.70. The average Bonchev–Trinajstić information content (AvgIpc) is 3.18. The Balaban J connectivity index is 1.51. The maximum Gasteiger partial charge on any atom is 0.279 e. The van der Waals surface area contributed by atoms with Crippen LogP contribution in [0.25, 0.3) is 16.8 Å². The zero-order chi connectivity index (χ0) is 18.4. The molecule has 132 valence electrons. The van der Waals surface area contributed by atoms with E-state index < -0.39 is 17.9 Å². The first-order chi connectivity index (χ1) is 12.6. The van der Waals surface area contributed by atoms with Crippen molar-refractivity contribution in [2.24, 2.45) is 0 Å². The number of nitrogens with one attached hydrogen (secondary N) is 2. The fourth-order valence-corrected chi connectivity index (χ4v) is 2.93. The number of carbonyl (C=O) groups is 2. The zero-order valence-corrected chi connectivity index (χ0v) is 15.0. The molecule has 0 fully saturated rings. The predicted octanol–water partition coefficient (Wildman–Crippen LogP) is 3.53. The third-order valence-corrected chi connectivity index (χ3v) is 4.49. The highest BCUT2D eigenvalue weighted by atomic mass is 32.1. The molecule has 1 atom stereocenters. The maximum absolute atomic E-state index is 12.1. The van der Waals surface area contributed by atoms with Gasteiger partial charge in [0.05, 0.1) is 0 Å². The van der Waals surface area contributed by atoms with Crippen molar-refractivity contribution in [1.29, 1.82) is 0 Å². The highest BCUT2D eigenvalue weighted by Crippen LogP contribution is 2.21. The molecule has 0 bridgehead atoms. The molecule has 2 amide bonds. The van der Waals surface area contributed by atoms with Crippen LogP contribution in [0, 0.1) is 0 Å². The number of hydrazine groups is 1. The third-order valence-electron chi connectivity index (χ3n) is 3.65. The second-order valence-electron chi connectivity index (χ2n) is 5.60. The molecule has 0 saturated heterocycles. The summed E-state index contributed by atoms with van der Waals surface area (Å²) in [6, 6.07) is 17.3. The molecule has 3 aromatic rings. The van der Waals surface area contributed by atoms with Gasteiger partial charge in [0.25, 0.3) is 11.8 Å². The molecular weight excluding hydrogens is 348 g/mol. The first kappa shape index (κ1) is 17.7. The monoisotopic (exact) mass is 366 g/mol. The Labute approximate surface area is 155 Å². The molecule has 26 heavy (non-hydrogen) atoms. The van der Waals surface area contributed by atoms with E-state index in [9.17, 15) is 9.59 Å². The first-order valence-electron chi connectivity index (χ1n) is 8.09. The van der Waals surface area contributed by atoms with Gasteiger partial charge < -0.3 is 4.74 Å². The summed E-state index contributed by atoms with van der Waals surface area (Å²) in [6.07, 6.45) is 2.29. The predicted molar refractivity (Wildman–Crippen MR) is 104 cm³/mol. The molecule has 0 aliphatic rings. The summed E-state index contributed by atoms with van der Waals surface area (Å²) in [7, 11) is 0. The zero-order valence-electron chi connectivity index (χ0n) is 14.1. The summed E-state index contributed by atoms with van der Waals surface area (Å²) in [4.78, 5) is 24.8. The second kappa shape index (κ2) is 8.31. The number of carbonyl (C=O) groups excluding carboxylic acids is 2. The highest BCUT2D eigenvalue weighted by molar-refractivity contribution is 7.10. The van der Waals surface area contributed by atoms with E-state index in [1.54, 1.807) is 13.0 Å². The Kier molecular flexibility index (Phi) is 5.66. The molecule has 0 aliphatic carbocycles. The van der Waals surface area contributed by atoms with E-state index in [1.165, 1.54) is 17.4 Å². The van der Waals surface area contributed by atoms with Crippen molar-refractivity contribution in [2.45, 2.75) is 13.0 Å². The van der Waals surface area contributed by atoms with E-state index >= 15 is 0 Å². The molecule has 6 heteroatoms. The van der Waals surface area contributed by atoms with Gasteiger partial charge in [0, 0.05) is 11.0 Å². The fraction of sp³-hybridized carbons (Fsp3) is 0.100. The van der Waals surface area contributed by atoms with Crippen molar-refractivity contribution in [3.63, 3.8) is 0 Å². The molecule has 2 aromatic carbocycles. The fourth-order valence-electron chi connectivity index (χ4n) is 2.31. The summed E-state index contributed by atoms with van der Waals surface area (Å²) in [5, 5.41) is 4.05. The smallest absolute Gasteiger partial charge is 0.279 e. The molecule has 3 rings (SSSR count). The minimum absolute atomic E-state index is 0.412. The van der Waals surface area contributed by atoms with Crippen LogP contribution in [0.5, 0.6) is 5.75 Å². The number of benzene rings is 2. The highest BCUT2D eigenvalue weighted by Gasteiger charge is 2.15. The van der Waals surface area contributed by atoms with Crippen LogP contribution in [0.15, 0.2) is 66.1 Å². The lowest BCUT2D eigenvalue weighted by Gasteiger charge is -2.15. The summed E-state index contributed by atoms with van der Waals surface area (Å²) in [5.74, 6) is -0.254. The van der Waals surface area contributed by atoms with Crippen molar-refractivity contribution < 1.29 is 14.3 Å². The number of ether oxygens (including phenoxy) is 1. The standard InChI is InChI=1S/C20H18N2O3S/c1-14(25-17-9-8-15-5-2-3-6-16(15)13-17)20(24)22-21-19(23)11-10-18-7-4-12-26-18/h2-14H,1H3,(H,21,23)(H,22,24). The summed E-state index contributed by atoms with van der Waals surface area (Å²) in [6.45, 7) is 1.62. The van der Waals surface area contributed by atoms with Gasteiger partial charge in [-0.05, 0) is 47.4 Å². The Hall–Kier alpha value is -3.12. The lowest BCUT2D eigenvalue weighted by Crippen LogP contribution is -2.46. The number of rotatable bonds is 5. The van der Waals surface area contributed by atoms with E-state index in [2.05, 4.69) is 10.9 Å². The molecule has 1 unspecified atom stereocenters. The molecular formula is C20H18N2O3S. The van der Waals surface area contributed by atoms with Gasteiger partial charge in [-0.15, -0.1) is 11.3 Å². The van der Waals surface area contributed by atoms with Crippen LogP contribution >= 0.6 is 11.3 Å². The van der Waals surface area contributed by atoms with Crippen molar-refractivity contribution in [2.75, 3.05) is 0 Å². The number of amides is 2. The van der Waals surface area contributed by atoms with E-state index in [0.29, 0.717) is 5.75 Å². The van der Waals surface area contributed by atoms with E-state index in [-0.39, 0.29) is 0 Å². The average molecular weight is 366 g/mol. The van der Waals surface area contributed by atoms with Crippen LogP contribution in [-0.4, -0.2) is 17.9 Å². The van der Waals surface area contributed by atoms with Gasteiger partial charge in [0.2, 0.25) is 0 Å². The van der Waals surface area contributed by atoms with Crippen LogP contribution in [-0.2, 0) is 9.59 Å². The summed E-state index contributed by atoms with van der Waals surface area (Å²) in [5.41, 5.74) is 4.70. The molecule has 1 heterocycles. The number of hydrogen-bond acceptors (Lipinski definition) is 4. The second-order valence-corrected chi connectivity index (χ2v) is 6.58. The van der Waals surface area contributed by atoms with Gasteiger partial charge in [-0.3, -0.25) is 20.4 Å². The maximum atomic E-state index is 12.1. The largest absolute Gasteiger partial charge is 0.481 e. The van der Waals surface area contributed by atoms with Gasteiger partial charge in [-0.25, -0.2) is 0 Å². The Bertz CT molecular complexity index is 935. The molecule has 0 aliphatic heterocycles. The Morgan fingerprint density at radius 2 is 1.85 bits per heavy atom. The van der Waals surface area contributed by atoms with Crippen molar-refractivity contribution in [1.82, 2.24) is 10.9 Å². The SMILES string of the molecule is CC(Oc1ccc2ccccc2c1)C(=O)NNC(=O)C=Cc1cccs1. The lowest BCUT2D eigenvalue weighted by molar-refractivity contribution is -0.131. The van der Waals surface area contributed by atoms with Gasteiger partial charge >= 0.3 is 0 Å². The van der Waals surface area contributed by atoms with Crippen LogP contribution in [0.3, 0.4) is 0 Å². The van der Waals surface area contributed by atoms with Gasteiger partial charge in [0.1, 0.15) is 5.75 Å². The minimum atomic E-state index is -0.752. The molecule has 5 nitrogen and oxygen atoms in total. The molecule has 2 N–H and O–H groups in total. The van der Waals surface area contributed by atoms with Crippen LogP contribution < -0.4 is 15.6 Å². The lowest BCUT2D eigenvalue weighted by atomic mass is 10.1. The molecule has 1 aromatic heterocycles. The normalized spacial score (nSPS) is 12.0. The van der Waals surface area contributed by atoms with E-state index in [1.807, 2.05) is 60.0 Å². The quantitative estimate of drug-likeness (QED) is 0.536. The van der Waals surface area contributed by atoms with Crippen LogP contribution in [0.1, 0.15) is 11.8 Å². The van der Waals surface area contributed by atoms with E-state index in [0.717, 1.165) is 15.6 Å². The molecule has 0 spiro atoms. The molecule has 0 saturated carbocycles. The Morgan fingerprint density at radius 3 is 2.62 bits per heavy atom. The number of hydrogen-bond donors (Lipinski definition) is 2. The van der Waals surface area contributed by atoms with Crippen LogP contribution in [0.4, 0.5) is 0 Å². The number of thiophene rings is 1. The Morgan fingerprint density at radius 1 is 1.04 bits per heavy atom. The van der Waals surface area contributed by atoms with Crippen molar-refractivity contribution >= 4 is 40.0 Å². The number of fused-ring (bicyclic) bond motifs is 1. The van der Waals surface area contributed by atoms with Crippen LogP contribution in [0.2, 0.25) is 0 Å². The minimum Gasteiger partial charge on any atom is -0.481 e. The van der Waals surface area contributed by atoms with Crippen molar-refractivity contribution in [3.8, 4) is 5.75 Å². The first-order valence-corrected chi connectivity index (χ1v) is 8.96. The molecule has 0 radical (unpaired) electrons. The topological polar surface area (TPSA) is 67.4 Å². The van der Waals surface area contributed by atoms with Gasteiger partial charge in [-0.2, -0.15) is 0 Å². The van der Waals surface area contributed by atoms with Crippen molar-refractivity contribution in [3.05, 3.63) is 70.9 Å². The van der Waals surface area contributed by atoms with E-state index in [4.69, 9.17) is 4.74 Å². The van der Waals surface area contributed by atoms with Gasteiger partial charge in [-0.1, -0.05) is 36.4 Å². The van der Waals surface area contributed by atoms with Gasteiger partial charge in [0.15, 0.2) is 6.10 Å². The summed E-state index contributed by atoms with van der Waals surface area (Å²) < 4.78 is 5.66.